The average molecular weight is 388 g/mol. The normalized spacial score (nSPS) is 19.6. The number of hydrogen-bond donors (Lipinski definition) is 2. The van der Waals surface area contributed by atoms with Gasteiger partial charge in [0.1, 0.15) is 11.5 Å². The Labute approximate surface area is 159 Å². The second kappa shape index (κ2) is 7.70. The SMILES string of the molecule is CC(C)NS(=O)(=O)c1ccc(NC(=O)/C=C/c2ccc([C@@H]3C[C@@H]3C)o2)cc1. The van der Waals surface area contributed by atoms with Crippen LogP contribution in [0.1, 0.15) is 44.6 Å². The van der Waals surface area contributed by atoms with Crippen LogP contribution in [0.3, 0.4) is 0 Å². The molecule has 0 saturated heterocycles. The summed E-state index contributed by atoms with van der Waals surface area (Å²) in [6, 6.07) is 9.64. The molecule has 0 bridgehead atoms. The zero-order valence-corrected chi connectivity index (χ0v) is 16.4. The molecular weight excluding hydrogens is 364 g/mol. The molecule has 27 heavy (non-hydrogen) atoms. The molecule has 2 N–H and O–H groups in total. The van der Waals surface area contributed by atoms with E-state index in [9.17, 15) is 13.2 Å². The van der Waals surface area contributed by atoms with Crippen molar-refractivity contribution in [2.45, 2.75) is 44.0 Å². The number of rotatable bonds is 7. The monoisotopic (exact) mass is 388 g/mol. The van der Waals surface area contributed by atoms with Crippen LogP contribution in [0.15, 0.2) is 51.8 Å². The van der Waals surface area contributed by atoms with Crippen molar-refractivity contribution in [3.8, 4) is 0 Å². The Morgan fingerprint density at radius 3 is 2.44 bits per heavy atom. The minimum Gasteiger partial charge on any atom is -0.461 e. The summed E-state index contributed by atoms with van der Waals surface area (Å²) in [5.41, 5.74) is 0.514. The molecule has 2 atom stereocenters. The number of furan rings is 1. The standard InChI is InChI=1S/C20H24N2O4S/c1-13(2)22-27(24,25)17-8-4-15(5-9-17)21-20(23)11-7-16-6-10-19(26-16)18-12-14(18)3/h4-11,13-14,18,22H,12H2,1-3H3,(H,21,23)/b11-7+/t14-,18+/m0/s1. The smallest absolute Gasteiger partial charge is 0.248 e. The maximum absolute atomic E-state index is 12.1. The van der Waals surface area contributed by atoms with Gasteiger partial charge >= 0.3 is 0 Å². The second-order valence-electron chi connectivity index (χ2n) is 7.18. The molecule has 0 spiro atoms. The zero-order chi connectivity index (χ0) is 19.6. The summed E-state index contributed by atoms with van der Waals surface area (Å²) in [7, 11) is -3.54. The molecule has 7 heteroatoms. The first kappa shape index (κ1) is 19.4. The van der Waals surface area contributed by atoms with Crippen molar-refractivity contribution < 1.29 is 17.6 Å². The fourth-order valence-corrected chi connectivity index (χ4v) is 4.06. The number of benzene rings is 1. The Kier molecular flexibility index (Phi) is 5.53. The van der Waals surface area contributed by atoms with E-state index >= 15 is 0 Å². The number of carbonyl (C=O) groups is 1. The number of sulfonamides is 1. The second-order valence-corrected chi connectivity index (χ2v) is 8.90. The van der Waals surface area contributed by atoms with E-state index in [4.69, 9.17) is 4.42 Å². The summed E-state index contributed by atoms with van der Waals surface area (Å²) in [4.78, 5) is 12.2. The molecule has 0 radical (unpaired) electrons. The molecule has 1 aliphatic rings. The van der Waals surface area contributed by atoms with Crippen LogP contribution in [-0.4, -0.2) is 20.4 Å². The van der Waals surface area contributed by atoms with E-state index < -0.39 is 10.0 Å². The number of hydrogen-bond acceptors (Lipinski definition) is 4. The minimum absolute atomic E-state index is 0.155. The predicted molar refractivity (Wildman–Crippen MR) is 105 cm³/mol. The van der Waals surface area contributed by atoms with Gasteiger partial charge in [0.2, 0.25) is 15.9 Å². The van der Waals surface area contributed by atoms with Gasteiger partial charge in [0, 0.05) is 23.7 Å². The highest BCUT2D eigenvalue weighted by atomic mass is 32.2. The first-order valence-corrected chi connectivity index (χ1v) is 10.4. The van der Waals surface area contributed by atoms with Crippen LogP contribution in [-0.2, 0) is 14.8 Å². The average Bonchev–Trinajstić information content (AvgIpc) is 3.14. The van der Waals surface area contributed by atoms with Crippen molar-refractivity contribution in [3.05, 3.63) is 54.0 Å². The molecule has 1 heterocycles. The third-order valence-corrected chi connectivity index (χ3v) is 6.02. The van der Waals surface area contributed by atoms with Crippen molar-refractivity contribution in [1.82, 2.24) is 4.72 Å². The van der Waals surface area contributed by atoms with E-state index in [1.165, 1.54) is 18.2 Å². The van der Waals surface area contributed by atoms with Crippen LogP contribution in [0.25, 0.3) is 6.08 Å². The molecule has 1 aliphatic carbocycles. The highest BCUT2D eigenvalue weighted by Gasteiger charge is 2.36. The van der Waals surface area contributed by atoms with Gasteiger partial charge < -0.3 is 9.73 Å². The van der Waals surface area contributed by atoms with Crippen molar-refractivity contribution in [2.24, 2.45) is 5.92 Å². The first-order valence-electron chi connectivity index (χ1n) is 8.96. The summed E-state index contributed by atoms with van der Waals surface area (Å²) < 4.78 is 32.4. The van der Waals surface area contributed by atoms with E-state index in [1.807, 2.05) is 12.1 Å². The van der Waals surface area contributed by atoms with Gasteiger partial charge in [0.05, 0.1) is 4.90 Å². The third kappa shape index (κ3) is 5.08. The lowest BCUT2D eigenvalue weighted by molar-refractivity contribution is -0.111. The molecule has 6 nitrogen and oxygen atoms in total. The number of amides is 1. The Morgan fingerprint density at radius 2 is 1.85 bits per heavy atom. The maximum Gasteiger partial charge on any atom is 0.248 e. The molecule has 0 unspecified atom stereocenters. The van der Waals surface area contributed by atoms with Gasteiger partial charge in [-0.1, -0.05) is 6.92 Å². The number of nitrogens with one attached hydrogen (secondary N) is 2. The molecule has 2 aromatic rings. The van der Waals surface area contributed by atoms with Gasteiger partial charge in [-0.25, -0.2) is 13.1 Å². The lowest BCUT2D eigenvalue weighted by Crippen LogP contribution is -2.30. The molecule has 144 valence electrons. The summed E-state index contributed by atoms with van der Waals surface area (Å²) >= 11 is 0. The first-order chi connectivity index (χ1) is 12.7. The van der Waals surface area contributed by atoms with E-state index in [1.54, 1.807) is 32.1 Å². The zero-order valence-electron chi connectivity index (χ0n) is 15.6. The highest BCUT2D eigenvalue weighted by Crippen LogP contribution is 2.47. The predicted octanol–water partition coefficient (Wildman–Crippen LogP) is 3.74. The van der Waals surface area contributed by atoms with Gasteiger partial charge in [-0.05, 0) is 68.7 Å². The molecule has 3 rings (SSSR count). The third-order valence-electron chi connectivity index (χ3n) is 4.34. The van der Waals surface area contributed by atoms with Crippen LogP contribution < -0.4 is 10.0 Å². The summed E-state index contributed by atoms with van der Waals surface area (Å²) in [5, 5.41) is 2.70. The van der Waals surface area contributed by atoms with Crippen LogP contribution in [0.2, 0.25) is 0 Å². The fraction of sp³-hybridized carbons (Fsp3) is 0.350. The van der Waals surface area contributed by atoms with Crippen LogP contribution in [0, 0.1) is 5.92 Å². The summed E-state index contributed by atoms with van der Waals surface area (Å²) in [5.74, 6) is 2.46. The molecular formula is C20H24N2O4S. The van der Waals surface area contributed by atoms with Gasteiger partial charge in [-0.15, -0.1) is 0 Å². The lowest BCUT2D eigenvalue weighted by Gasteiger charge is -2.10. The van der Waals surface area contributed by atoms with Crippen LogP contribution >= 0.6 is 0 Å². The van der Waals surface area contributed by atoms with Crippen molar-refractivity contribution >= 4 is 27.7 Å². The lowest BCUT2D eigenvalue weighted by atomic mass is 10.3. The minimum atomic E-state index is -3.54. The van der Waals surface area contributed by atoms with E-state index in [0.29, 0.717) is 23.3 Å². The molecule has 1 saturated carbocycles. The topological polar surface area (TPSA) is 88.4 Å². The highest BCUT2D eigenvalue weighted by molar-refractivity contribution is 7.89. The molecule has 1 fully saturated rings. The van der Waals surface area contributed by atoms with Crippen molar-refractivity contribution in [3.63, 3.8) is 0 Å². The maximum atomic E-state index is 12.1. The van der Waals surface area contributed by atoms with Gasteiger partial charge in [-0.3, -0.25) is 4.79 Å². The number of carbonyl (C=O) groups excluding carboxylic acids is 1. The summed E-state index contributed by atoms with van der Waals surface area (Å²) in [6.07, 6.45) is 4.16. The molecule has 0 aliphatic heterocycles. The molecule has 1 amide bonds. The van der Waals surface area contributed by atoms with E-state index in [0.717, 1.165) is 12.2 Å². The van der Waals surface area contributed by atoms with Gasteiger partial charge in [0.25, 0.3) is 0 Å². The van der Waals surface area contributed by atoms with E-state index in [2.05, 4.69) is 17.0 Å². The Morgan fingerprint density at radius 1 is 1.19 bits per heavy atom. The molecule has 1 aromatic heterocycles. The number of anilines is 1. The van der Waals surface area contributed by atoms with Gasteiger partial charge in [-0.2, -0.15) is 0 Å². The largest absolute Gasteiger partial charge is 0.461 e. The Balaban J connectivity index is 1.58. The fourth-order valence-electron chi connectivity index (χ4n) is 2.81. The summed E-state index contributed by atoms with van der Waals surface area (Å²) in [6.45, 7) is 5.70. The van der Waals surface area contributed by atoms with Crippen LogP contribution in [0.5, 0.6) is 0 Å². The molecule has 1 aromatic carbocycles. The Bertz CT molecular complexity index is 943. The van der Waals surface area contributed by atoms with Gasteiger partial charge in [0.15, 0.2) is 0 Å². The van der Waals surface area contributed by atoms with Crippen molar-refractivity contribution in [2.75, 3.05) is 5.32 Å². The Hall–Kier alpha value is -2.38. The van der Waals surface area contributed by atoms with Crippen molar-refractivity contribution in [1.29, 1.82) is 0 Å². The van der Waals surface area contributed by atoms with Crippen LogP contribution in [0.4, 0.5) is 5.69 Å². The quantitative estimate of drug-likeness (QED) is 0.707. The van der Waals surface area contributed by atoms with E-state index in [-0.39, 0.29) is 16.8 Å².